The van der Waals surface area contributed by atoms with Crippen molar-refractivity contribution in [3.05, 3.63) is 40.3 Å². The summed E-state index contributed by atoms with van der Waals surface area (Å²) in [4.78, 5) is 8.29. The Morgan fingerprint density at radius 3 is 2.59 bits per heavy atom. The number of anilines is 1. The van der Waals surface area contributed by atoms with Crippen molar-refractivity contribution in [2.24, 2.45) is 0 Å². The first-order valence-electron chi connectivity index (χ1n) is 5.06. The fraction of sp³-hybridized carbons (Fsp3) is 0.167. The lowest BCUT2D eigenvalue weighted by Gasteiger charge is -2.08. The molecule has 2 rings (SSSR count). The van der Waals surface area contributed by atoms with Gasteiger partial charge in [0.25, 0.3) is 0 Å². The molecule has 0 spiro atoms. The van der Waals surface area contributed by atoms with Gasteiger partial charge in [0.1, 0.15) is 5.82 Å². The Morgan fingerprint density at radius 2 is 1.94 bits per heavy atom. The predicted molar refractivity (Wildman–Crippen MR) is 66.3 cm³/mol. The molecule has 0 saturated heterocycles. The normalized spacial score (nSPS) is 10.6. The van der Waals surface area contributed by atoms with Crippen LogP contribution in [0.5, 0.6) is 0 Å². The minimum absolute atomic E-state index is 0.0444. The molecule has 17 heavy (non-hydrogen) atoms. The van der Waals surface area contributed by atoms with Gasteiger partial charge in [-0.15, -0.1) is 0 Å². The van der Waals surface area contributed by atoms with E-state index in [2.05, 4.69) is 9.97 Å². The molecule has 0 atom stereocenters. The van der Waals surface area contributed by atoms with Gasteiger partial charge in [0.2, 0.25) is 0 Å². The maximum Gasteiger partial charge on any atom is 0.164 e. The maximum absolute atomic E-state index is 13.8. The van der Waals surface area contributed by atoms with E-state index < -0.39 is 5.82 Å². The van der Waals surface area contributed by atoms with E-state index in [-0.39, 0.29) is 16.4 Å². The largest absolute Gasteiger partial charge is 0.383 e. The third-order valence-corrected chi connectivity index (χ3v) is 2.91. The van der Waals surface area contributed by atoms with Gasteiger partial charge >= 0.3 is 0 Å². The van der Waals surface area contributed by atoms with Gasteiger partial charge < -0.3 is 5.73 Å². The van der Waals surface area contributed by atoms with Crippen LogP contribution in [0.25, 0.3) is 11.4 Å². The first-order chi connectivity index (χ1) is 8.00. The van der Waals surface area contributed by atoms with Gasteiger partial charge in [0.15, 0.2) is 11.6 Å². The van der Waals surface area contributed by atoms with Crippen LogP contribution < -0.4 is 5.73 Å². The minimum atomic E-state index is -0.531. The van der Waals surface area contributed by atoms with Gasteiger partial charge in [-0.1, -0.05) is 17.7 Å². The van der Waals surface area contributed by atoms with Gasteiger partial charge in [-0.25, -0.2) is 14.4 Å². The van der Waals surface area contributed by atoms with Crippen molar-refractivity contribution in [3.63, 3.8) is 0 Å². The lowest BCUT2D eigenvalue weighted by Crippen LogP contribution is -2.03. The van der Waals surface area contributed by atoms with E-state index in [0.29, 0.717) is 5.82 Å². The molecule has 0 bridgehead atoms. The Kier molecular flexibility index (Phi) is 2.98. The first-order valence-corrected chi connectivity index (χ1v) is 5.43. The zero-order valence-electron chi connectivity index (χ0n) is 9.46. The van der Waals surface area contributed by atoms with Gasteiger partial charge in [0.05, 0.1) is 10.6 Å². The third kappa shape index (κ3) is 2.08. The number of halogens is 2. The standard InChI is InChI=1S/C12H11ClFN3/c1-6-7(2)16-12(17-11(6)15)8-4-3-5-9(13)10(8)14/h3-5H,1-2H3,(H2,15,16,17). The molecule has 0 fully saturated rings. The molecule has 0 aliphatic heterocycles. The number of nitrogens with two attached hydrogens (primary N) is 1. The summed E-state index contributed by atoms with van der Waals surface area (Å²) in [7, 11) is 0. The van der Waals surface area contributed by atoms with Crippen LogP contribution in [0.4, 0.5) is 10.2 Å². The lowest BCUT2D eigenvalue weighted by molar-refractivity contribution is 0.630. The van der Waals surface area contributed by atoms with Crippen LogP contribution in [0.15, 0.2) is 18.2 Å². The molecule has 0 aliphatic rings. The summed E-state index contributed by atoms with van der Waals surface area (Å²) >= 11 is 5.71. The average molecular weight is 252 g/mol. The number of nitrogens with zero attached hydrogens (tertiary/aromatic N) is 2. The van der Waals surface area contributed by atoms with Gasteiger partial charge in [-0.2, -0.15) is 0 Å². The van der Waals surface area contributed by atoms with E-state index in [1.54, 1.807) is 19.1 Å². The van der Waals surface area contributed by atoms with Crippen molar-refractivity contribution in [3.8, 4) is 11.4 Å². The summed E-state index contributed by atoms with van der Waals surface area (Å²) < 4.78 is 13.8. The fourth-order valence-electron chi connectivity index (χ4n) is 1.45. The SMILES string of the molecule is Cc1nc(-c2cccc(Cl)c2F)nc(N)c1C. The number of aromatic nitrogens is 2. The van der Waals surface area contributed by atoms with Crippen molar-refractivity contribution in [2.45, 2.75) is 13.8 Å². The summed E-state index contributed by atoms with van der Waals surface area (Å²) in [6.45, 7) is 3.63. The van der Waals surface area contributed by atoms with Gasteiger partial charge in [0, 0.05) is 11.3 Å². The number of benzene rings is 1. The van der Waals surface area contributed by atoms with Crippen LogP contribution in [0.3, 0.4) is 0 Å². The number of hydrogen-bond acceptors (Lipinski definition) is 3. The molecule has 1 aromatic heterocycles. The van der Waals surface area contributed by atoms with Crippen molar-refractivity contribution in [1.29, 1.82) is 0 Å². The molecule has 0 saturated carbocycles. The third-order valence-electron chi connectivity index (χ3n) is 2.62. The quantitative estimate of drug-likeness (QED) is 0.847. The van der Waals surface area contributed by atoms with Crippen LogP contribution in [0.2, 0.25) is 5.02 Å². The van der Waals surface area contributed by atoms with E-state index in [0.717, 1.165) is 11.3 Å². The Morgan fingerprint density at radius 1 is 1.24 bits per heavy atom. The fourth-order valence-corrected chi connectivity index (χ4v) is 1.62. The van der Waals surface area contributed by atoms with Crippen molar-refractivity contribution in [1.82, 2.24) is 9.97 Å². The molecular formula is C12H11ClFN3. The highest BCUT2D eigenvalue weighted by atomic mass is 35.5. The van der Waals surface area contributed by atoms with E-state index in [1.165, 1.54) is 6.07 Å². The Balaban J connectivity index is 2.65. The summed E-state index contributed by atoms with van der Waals surface area (Å²) in [6.07, 6.45) is 0. The first kappa shape index (κ1) is 11.8. The highest BCUT2D eigenvalue weighted by Gasteiger charge is 2.13. The second-order valence-electron chi connectivity index (χ2n) is 3.74. The smallest absolute Gasteiger partial charge is 0.164 e. The summed E-state index contributed by atoms with van der Waals surface area (Å²) in [6, 6.07) is 4.70. The van der Waals surface area contributed by atoms with E-state index in [1.807, 2.05) is 6.92 Å². The summed E-state index contributed by atoms with van der Waals surface area (Å²) in [5.41, 5.74) is 7.53. The molecule has 2 N–H and O–H groups in total. The van der Waals surface area contributed by atoms with E-state index >= 15 is 0 Å². The minimum Gasteiger partial charge on any atom is -0.383 e. The second kappa shape index (κ2) is 4.30. The Hall–Kier alpha value is -1.68. The molecular weight excluding hydrogens is 241 g/mol. The van der Waals surface area contributed by atoms with Gasteiger partial charge in [-0.3, -0.25) is 0 Å². The number of rotatable bonds is 1. The van der Waals surface area contributed by atoms with Crippen LogP contribution in [0, 0.1) is 19.7 Å². The maximum atomic E-state index is 13.8. The van der Waals surface area contributed by atoms with Crippen LogP contribution >= 0.6 is 11.6 Å². The second-order valence-corrected chi connectivity index (χ2v) is 4.15. The molecule has 3 nitrogen and oxygen atoms in total. The average Bonchev–Trinajstić information content (AvgIpc) is 2.29. The number of aryl methyl sites for hydroxylation is 1. The lowest BCUT2D eigenvalue weighted by atomic mass is 10.1. The molecule has 88 valence electrons. The molecule has 0 radical (unpaired) electrons. The zero-order chi connectivity index (χ0) is 12.6. The van der Waals surface area contributed by atoms with Crippen LogP contribution in [-0.4, -0.2) is 9.97 Å². The molecule has 2 aromatic rings. The summed E-state index contributed by atoms with van der Waals surface area (Å²) in [5, 5.41) is 0.0444. The summed E-state index contributed by atoms with van der Waals surface area (Å²) in [5.74, 6) is 0.0781. The molecule has 1 aromatic carbocycles. The van der Waals surface area contributed by atoms with Crippen molar-refractivity contribution >= 4 is 17.4 Å². The highest BCUT2D eigenvalue weighted by Crippen LogP contribution is 2.26. The molecule has 1 heterocycles. The van der Waals surface area contributed by atoms with E-state index in [9.17, 15) is 4.39 Å². The monoisotopic (exact) mass is 251 g/mol. The van der Waals surface area contributed by atoms with Crippen LogP contribution in [0.1, 0.15) is 11.3 Å². The van der Waals surface area contributed by atoms with E-state index in [4.69, 9.17) is 17.3 Å². The molecule has 5 heteroatoms. The highest BCUT2D eigenvalue weighted by molar-refractivity contribution is 6.31. The molecule has 0 unspecified atom stereocenters. The van der Waals surface area contributed by atoms with Crippen LogP contribution in [-0.2, 0) is 0 Å². The number of hydrogen-bond donors (Lipinski definition) is 1. The molecule has 0 aliphatic carbocycles. The Bertz CT molecular complexity index is 561. The number of nitrogen functional groups attached to an aromatic ring is 1. The van der Waals surface area contributed by atoms with Crippen molar-refractivity contribution in [2.75, 3.05) is 5.73 Å². The van der Waals surface area contributed by atoms with Crippen molar-refractivity contribution < 1.29 is 4.39 Å². The zero-order valence-corrected chi connectivity index (χ0v) is 10.2. The Labute approximate surface area is 103 Å². The molecule has 0 amide bonds. The van der Waals surface area contributed by atoms with Gasteiger partial charge in [-0.05, 0) is 26.0 Å². The topological polar surface area (TPSA) is 51.8 Å². The predicted octanol–water partition coefficient (Wildman–Crippen LogP) is 3.14.